The van der Waals surface area contributed by atoms with Crippen molar-refractivity contribution in [3.63, 3.8) is 0 Å². The van der Waals surface area contributed by atoms with Gasteiger partial charge in [-0.3, -0.25) is 0 Å². The fourth-order valence-electron chi connectivity index (χ4n) is 5.30. The van der Waals surface area contributed by atoms with E-state index in [0.717, 1.165) is 0 Å². The average Bonchev–Trinajstić information content (AvgIpc) is 3.66. The van der Waals surface area contributed by atoms with E-state index in [4.69, 9.17) is 0 Å². The van der Waals surface area contributed by atoms with Crippen LogP contribution in [0.15, 0.2) is 121 Å². The molecule has 0 aliphatic heterocycles. The first-order valence-electron chi connectivity index (χ1n) is 15.3. The normalized spacial score (nSPS) is 11.6. The van der Waals surface area contributed by atoms with Crippen LogP contribution < -0.4 is 24.8 Å². The van der Waals surface area contributed by atoms with Crippen molar-refractivity contribution in [3.05, 3.63) is 132 Å². The van der Waals surface area contributed by atoms with Crippen LogP contribution in [0, 0.1) is 0 Å². The molecular weight excluding hydrogens is 671 g/mol. The van der Waals surface area contributed by atoms with Crippen molar-refractivity contribution in [2.75, 3.05) is 0 Å². The summed E-state index contributed by atoms with van der Waals surface area (Å²) in [6.07, 6.45) is 2.38. The number of fused-ring (bicyclic) bond motifs is 2. The molecule has 0 radical (unpaired) electrons. The van der Waals surface area contributed by atoms with Crippen LogP contribution in [0.3, 0.4) is 0 Å². The maximum absolute atomic E-state index is 2.37. The Morgan fingerprint density at radius 1 is 0.568 bits per heavy atom. The Hall–Kier alpha value is -2.22. The van der Waals surface area contributed by atoms with Crippen molar-refractivity contribution in [2.24, 2.45) is 0 Å². The molecule has 2 unspecified atom stereocenters. The van der Waals surface area contributed by atoms with Gasteiger partial charge in [-0.15, -0.1) is 69.1 Å². The van der Waals surface area contributed by atoms with E-state index in [1.165, 1.54) is 67.8 Å². The zero-order valence-electron chi connectivity index (χ0n) is 26.9. The molecule has 0 N–H and O–H groups in total. The zero-order chi connectivity index (χ0) is 30.1. The topological polar surface area (TPSA) is 0 Å². The molecular formula is C40H44Cl2SiZr-2. The van der Waals surface area contributed by atoms with Crippen molar-refractivity contribution >= 4 is 27.0 Å². The molecule has 44 heavy (non-hydrogen) atoms. The molecule has 228 valence electrons. The van der Waals surface area contributed by atoms with E-state index in [0.29, 0.717) is 11.8 Å². The van der Waals surface area contributed by atoms with Gasteiger partial charge in [-0.25, -0.2) is 0 Å². The van der Waals surface area contributed by atoms with Gasteiger partial charge in [0.25, 0.3) is 0 Å². The van der Waals surface area contributed by atoms with Crippen LogP contribution in [0.1, 0.15) is 63.5 Å². The van der Waals surface area contributed by atoms with Crippen LogP contribution in [0.5, 0.6) is 0 Å². The van der Waals surface area contributed by atoms with Gasteiger partial charge >= 0.3 is 41.9 Å². The molecule has 6 aromatic carbocycles. The summed E-state index contributed by atoms with van der Waals surface area (Å²) in [5, 5.41) is 5.47. The number of hydrogen-bond acceptors (Lipinski definition) is 0. The first kappa shape index (κ1) is 38.0. The van der Waals surface area contributed by atoms with E-state index < -0.39 is 0 Å². The molecule has 6 rings (SSSR count). The minimum absolute atomic E-state index is 0. The summed E-state index contributed by atoms with van der Waals surface area (Å²) < 4.78 is 0. The molecule has 2 atom stereocenters. The van der Waals surface area contributed by atoms with Crippen LogP contribution in [0.4, 0.5) is 0 Å². The van der Waals surface area contributed by atoms with Crippen LogP contribution in [-0.2, 0) is 23.3 Å². The van der Waals surface area contributed by atoms with Crippen molar-refractivity contribution in [1.82, 2.24) is 0 Å². The molecule has 0 saturated carbocycles. The Morgan fingerprint density at radius 3 is 1.23 bits per heavy atom. The van der Waals surface area contributed by atoms with Gasteiger partial charge in [-0.1, -0.05) is 124 Å². The molecule has 0 nitrogen and oxygen atoms in total. The summed E-state index contributed by atoms with van der Waals surface area (Å²) in [5.74, 6) is 1.27. The van der Waals surface area contributed by atoms with E-state index in [1.807, 2.05) is 0 Å². The second kappa shape index (κ2) is 18.7. The summed E-state index contributed by atoms with van der Waals surface area (Å²) in [6.45, 7) is 13.7. The minimum atomic E-state index is 0. The third kappa shape index (κ3) is 9.89. The van der Waals surface area contributed by atoms with E-state index in [2.05, 4.69) is 162 Å². The van der Waals surface area contributed by atoms with E-state index in [1.54, 1.807) is 23.3 Å². The van der Waals surface area contributed by atoms with Gasteiger partial charge in [0, 0.05) is 0 Å². The van der Waals surface area contributed by atoms with Crippen LogP contribution >= 0.6 is 0 Å². The van der Waals surface area contributed by atoms with E-state index >= 15 is 0 Å². The summed E-state index contributed by atoms with van der Waals surface area (Å²) in [5.41, 5.74) is 8.41. The van der Waals surface area contributed by atoms with Gasteiger partial charge in [0.2, 0.25) is 0 Å². The van der Waals surface area contributed by atoms with E-state index in [-0.39, 0.29) is 30.2 Å². The molecule has 0 heterocycles. The summed E-state index contributed by atoms with van der Waals surface area (Å²) in [7, 11) is 0. The first-order chi connectivity index (χ1) is 20.3. The Bertz CT molecular complexity index is 1590. The number of hydrogen-bond donors (Lipinski definition) is 0. The predicted octanol–water partition coefficient (Wildman–Crippen LogP) is 6.27. The quantitative estimate of drug-likeness (QED) is 0.141. The molecule has 6 aromatic rings. The third-order valence-electron chi connectivity index (χ3n) is 8.08. The maximum Gasteiger partial charge on any atom is -1.00 e. The standard InChI is InChI=1S/2C19H19.C2H6Si.2ClH.Zr/c2*1-3-14(2)17-12-16-10-7-11-18(19(16)13-17)15-8-5-4-6-9-15;1-3-2;;;/h2*4-14H,3H2,1-2H3;1-2H3;2*1H;/q2*-1;;;;+2/p-2. The van der Waals surface area contributed by atoms with E-state index in [9.17, 15) is 0 Å². The molecule has 0 spiro atoms. The summed E-state index contributed by atoms with van der Waals surface area (Å²) in [4.78, 5) is 0. The molecule has 0 amide bonds. The average molecular weight is 715 g/mol. The number of halogens is 2. The SMILES string of the molecule is CCC(C)c1cc2c(-c3ccccc3)cccc2[cH-]1.CCC(C)c1cc2c(-c3ccccc3)cccc2[cH-]1.C[Si](C)=[Zr+2].[Cl-].[Cl-]. The second-order valence-corrected chi connectivity index (χ2v) is 20.9. The predicted molar refractivity (Wildman–Crippen MR) is 185 cm³/mol. The van der Waals surface area contributed by atoms with Crippen molar-refractivity contribution in [2.45, 2.75) is 65.5 Å². The zero-order valence-corrected chi connectivity index (χ0v) is 31.8. The smallest absolute Gasteiger partial charge is 1.00 e. The van der Waals surface area contributed by atoms with Crippen LogP contribution in [0.25, 0.3) is 43.8 Å². The molecule has 0 aliphatic carbocycles. The first-order valence-corrected chi connectivity index (χ1v) is 21.5. The third-order valence-corrected chi connectivity index (χ3v) is 8.08. The maximum atomic E-state index is 2.37. The molecule has 0 bridgehead atoms. The van der Waals surface area contributed by atoms with Gasteiger partial charge in [0.1, 0.15) is 0 Å². The fourth-order valence-corrected chi connectivity index (χ4v) is 5.30. The molecule has 0 fully saturated rings. The van der Waals surface area contributed by atoms with Gasteiger partial charge in [-0.05, 0) is 23.0 Å². The molecule has 0 aliphatic rings. The Balaban J connectivity index is 0.000000263. The van der Waals surface area contributed by atoms with Crippen molar-refractivity contribution in [1.29, 1.82) is 0 Å². The fraction of sp³-hybridized carbons (Fsp3) is 0.250. The van der Waals surface area contributed by atoms with Crippen molar-refractivity contribution < 1.29 is 48.1 Å². The minimum Gasteiger partial charge on any atom is -1.00 e. The van der Waals surface area contributed by atoms with Gasteiger partial charge in [-0.2, -0.15) is 12.1 Å². The van der Waals surface area contributed by atoms with Crippen LogP contribution in [0.2, 0.25) is 13.1 Å². The molecule has 4 heteroatoms. The summed E-state index contributed by atoms with van der Waals surface area (Å²) >= 11 is 1.74. The summed E-state index contributed by atoms with van der Waals surface area (Å²) in [6, 6.07) is 43.9. The van der Waals surface area contributed by atoms with Crippen molar-refractivity contribution in [3.8, 4) is 22.3 Å². The van der Waals surface area contributed by atoms with Crippen LogP contribution in [-0.4, -0.2) is 5.43 Å². The Kier molecular flexibility index (Phi) is 16.1. The Labute approximate surface area is 293 Å². The van der Waals surface area contributed by atoms with Gasteiger partial charge < -0.3 is 24.8 Å². The number of rotatable bonds is 6. The van der Waals surface area contributed by atoms with Gasteiger partial charge in [0.05, 0.1) is 0 Å². The monoisotopic (exact) mass is 712 g/mol. The molecule has 0 saturated heterocycles. The number of benzene rings is 4. The largest absolute Gasteiger partial charge is 1.00 e. The Morgan fingerprint density at radius 2 is 0.909 bits per heavy atom. The molecule has 0 aromatic heterocycles. The second-order valence-electron chi connectivity index (χ2n) is 11.5. The van der Waals surface area contributed by atoms with Gasteiger partial charge in [0.15, 0.2) is 0 Å².